The predicted octanol–water partition coefficient (Wildman–Crippen LogP) is 5.59. The van der Waals surface area contributed by atoms with Crippen molar-refractivity contribution in [1.82, 2.24) is 0 Å². The number of aliphatic hydroxyl groups excluding tert-OH is 1. The molecular formula is C20H36O2. The summed E-state index contributed by atoms with van der Waals surface area (Å²) in [6.07, 6.45) is 22.4. The molecule has 1 N–H and O–H groups in total. The van der Waals surface area contributed by atoms with E-state index in [1.165, 1.54) is 89.0 Å². The van der Waals surface area contributed by atoms with Crippen molar-refractivity contribution in [2.45, 2.75) is 96.3 Å². The Hall–Kier alpha value is -0.630. The molecule has 2 heteroatoms. The molecule has 0 radical (unpaired) electrons. The van der Waals surface area contributed by atoms with Gasteiger partial charge in [0.05, 0.1) is 0 Å². The first-order valence-electron chi connectivity index (χ1n) is 9.62. The third kappa shape index (κ3) is 10.2. The summed E-state index contributed by atoms with van der Waals surface area (Å²) in [7, 11) is 0. The number of unbranched alkanes of at least 4 members (excludes halogenated alkanes) is 10. The normalized spacial score (nSPS) is 18.2. The Kier molecular flexibility index (Phi) is 12.4. The van der Waals surface area contributed by atoms with Crippen LogP contribution in [0.5, 0.6) is 0 Å². The molecule has 0 aromatic rings. The number of aliphatic hydroxyl groups is 1. The fourth-order valence-corrected chi connectivity index (χ4v) is 3.40. The number of hydrogen-bond donors (Lipinski definition) is 1. The van der Waals surface area contributed by atoms with Crippen LogP contribution in [-0.2, 0) is 4.79 Å². The number of aldehydes is 1. The molecule has 0 aromatic heterocycles. The smallest absolute Gasteiger partial charge is 0.126 e. The van der Waals surface area contributed by atoms with E-state index in [4.69, 9.17) is 5.11 Å². The van der Waals surface area contributed by atoms with Crippen molar-refractivity contribution in [1.29, 1.82) is 0 Å². The van der Waals surface area contributed by atoms with E-state index in [-0.39, 0.29) is 5.92 Å². The van der Waals surface area contributed by atoms with E-state index in [2.05, 4.69) is 6.08 Å². The molecular weight excluding hydrogens is 272 g/mol. The van der Waals surface area contributed by atoms with Gasteiger partial charge in [-0.05, 0) is 38.5 Å². The van der Waals surface area contributed by atoms with Gasteiger partial charge >= 0.3 is 0 Å². The predicted molar refractivity (Wildman–Crippen MR) is 94.0 cm³/mol. The van der Waals surface area contributed by atoms with Crippen molar-refractivity contribution in [3.8, 4) is 0 Å². The fraction of sp³-hybridized carbons (Fsp3) is 0.850. The average Bonchev–Trinajstić information content (AvgIpc) is 2.56. The molecule has 1 unspecified atom stereocenters. The van der Waals surface area contributed by atoms with E-state index in [9.17, 15) is 4.79 Å². The van der Waals surface area contributed by atoms with Crippen molar-refractivity contribution < 1.29 is 9.90 Å². The zero-order valence-corrected chi connectivity index (χ0v) is 14.4. The fourth-order valence-electron chi connectivity index (χ4n) is 3.40. The second-order valence-electron chi connectivity index (χ2n) is 6.88. The van der Waals surface area contributed by atoms with Gasteiger partial charge in [-0.15, -0.1) is 0 Å². The van der Waals surface area contributed by atoms with Crippen LogP contribution in [0.2, 0.25) is 0 Å². The molecule has 1 aliphatic rings. The Labute approximate surface area is 137 Å². The number of carbonyl (C=O) groups excluding carboxylic acids is 1. The van der Waals surface area contributed by atoms with E-state index in [0.717, 1.165) is 19.1 Å². The molecule has 0 heterocycles. The largest absolute Gasteiger partial charge is 0.396 e. The molecule has 0 aliphatic heterocycles. The summed E-state index contributed by atoms with van der Waals surface area (Å²) in [4.78, 5) is 10.8. The second kappa shape index (κ2) is 14.0. The molecule has 1 rings (SSSR count). The van der Waals surface area contributed by atoms with Gasteiger partial charge in [-0.25, -0.2) is 0 Å². The molecule has 0 aromatic carbocycles. The van der Waals surface area contributed by atoms with Crippen LogP contribution < -0.4 is 0 Å². The minimum atomic E-state index is 0.209. The topological polar surface area (TPSA) is 37.3 Å². The summed E-state index contributed by atoms with van der Waals surface area (Å²) in [5.74, 6) is 0.209. The van der Waals surface area contributed by atoms with Gasteiger partial charge in [-0.3, -0.25) is 0 Å². The lowest BCUT2D eigenvalue weighted by atomic mass is 9.89. The number of allylic oxidation sites excluding steroid dienone is 2. The number of hydrogen-bond acceptors (Lipinski definition) is 2. The van der Waals surface area contributed by atoms with Gasteiger partial charge in [0, 0.05) is 12.5 Å². The second-order valence-corrected chi connectivity index (χ2v) is 6.88. The molecule has 22 heavy (non-hydrogen) atoms. The van der Waals surface area contributed by atoms with Crippen molar-refractivity contribution in [2.24, 2.45) is 5.92 Å². The van der Waals surface area contributed by atoms with Crippen molar-refractivity contribution in [3.05, 3.63) is 11.6 Å². The standard InChI is InChI=1S/C20H36O2/c21-16-11-9-7-5-3-1-2-4-6-8-10-13-19-14-12-15-20(17-19)18-22/h17-18,20-21H,1-16H2. The van der Waals surface area contributed by atoms with Gasteiger partial charge in [-0.1, -0.05) is 69.4 Å². The van der Waals surface area contributed by atoms with E-state index in [0.29, 0.717) is 6.61 Å². The van der Waals surface area contributed by atoms with Crippen LogP contribution in [0, 0.1) is 5.92 Å². The van der Waals surface area contributed by atoms with E-state index < -0.39 is 0 Å². The lowest BCUT2D eigenvalue weighted by molar-refractivity contribution is -0.110. The summed E-state index contributed by atoms with van der Waals surface area (Å²) >= 11 is 0. The molecule has 0 fully saturated rings. The Bertz CT molecular complexity index is 296. The summed E-state index contributed by atoms with van der Waals surface area (Å²) in [5, 5.41) is 8.70. The van der Waals surface area contributed by atoms with Crippen LogP contribution in [0.3, 0.4) is 0 Å². The van der Waals surface area contributed by atoms with Crippen LogP contribution in [0.25, 0.3) is 0 Å². The quantitative estimate of drug-likeness (QED) is 0.258. The summed E-state index contributed by atoms with van der Waals surface area (Å²) < 4.78 is 0. The highest BCUT2D eigenvalue weighted by Gasteiger charge is 2.11. The molecule has 1 aliphatic carbocycles. The first-order valence-corrected chi connectivity index (χ1v) is 9.62. The Morgan fingerprint density at radius 2 is 1.45 bits per heavy atom. The summed E-state index contributed by atoms with van der Waals surface area (Å²) in [5.41, 5.74) is 1.53. The molecule has 0 bridgehead atoms. The maximum Gasteiger partial charge on any atom is 0.126 e. The summed E-state index contributed by atoms with van der Waals surface area (Å²) in [6.45, 7) is 0.354. The molecule has 0 amide bonds. The van der Waals surface area contributed by atoms with Gasteiger partial charge in [0.1, 0.15) is 6.29 Å². The number of carbonyl (C=O) groups is 1. The number of rotatable bonds is 14. The van der Waals surface area contributed by atoms with E-state index >= 15 is 0 Å². The third-order valence-corrected chi connectivity index (χ3v) is 4.82. The molecule has 1 atom stereocenters. The zero-order chi connectivity index (χ0) is 15.9. The summed E-state index contributed by atoms with van der Waals surface area (Å²) in [6, 6.07) is 0. The minimum absolute atomic E-state index is 0.209. The van der Waals surface area contributed by atoms with E-state index in [1.54, 1.807) is 0 Å². The van der Waals surface area contributed by atoms with Gasteiger partial charge in [0.2, 0.25) is 0 Å². The lowest BCUT2D eigenvalue weighted by Crippen LogP contribution is -2.05. The molecule has 2 nitrogen and oxygen atoms in total. The van der Waals surface area contributed by atoms with Crippen molar-refractivity contribution >= 4 is 6.29 Å². The Morgan fingerprint density at radius 1 is 0.909 bits per heavy atom. The highest BCUT2D eigenvalue weighted by molar-refractivity contribution is 5.57. The van der Waals surface area contributed by atoms with Crippen molar-refractivity contribution in [3.63, 3.8) is 0 Å². The van der Waals surface area contributed by atoms with Gasteiger partial charge in [0.15, 0.2) is 0 Å². The third-order valence-electron chi connectivity index (χ3n) is 4.82. The van der Waals surface area contributed by atoms with Gasteiger partial charge in [0.25, 0.3) is 0 Å². The molecule has 128 valence electrons. The van der Waals surface area contributed by atoms with Gasteiger partial charge in [-0.2, -0.15) is 0 Å². The molecule has 0 saturated carbocycles. The van der Waals surface area contributed by atoms with Crippen LogP contribution >= 0.6 is 0 Å². The van der Waals surface area contributed by atoms with Crippen LogP contribution in [0.15, 0.2) is 11.6 Å². The van der Waals surface area contributed by atoms with Gasteiger partial charge < -0.3 is 9.90 Å². The monoisotopic (exact) mass is 308 g/mol. The average molecular weight is 309 g/mol. The zero-order valence-electron chi connectivity index (χ0n) is 14.4. The van der Waals surface area contributed by atoms with Crippen molar-refractivity contribution in [2.75, 3.05) is 6.61 Å². The maximum atomic E-state index is 10.8. The molecule has 0 saturated heterocycles. The Morgan fingerprint density at radius 3 is 2.00 bits per heavy atom. The van der Waals surface area contributed by atoms with Crippen LogP contribution in [-0.4, -0.2) is 18.0 Å². The maximum absolute atomic E-state index is 10.8. The van der Waals surface area contributed by atoms with Crippen LogP contribution in [0.4, 0.5) is 0 Å². The Balaban J connectivity index is 1.84. The first-order chi connectivity index (χ1) is 10.9. The minimum Gasteiger partial charge on any atom is -0.396 e. The van der Waals surface area contributed by atoms with E-state index in [1.807, 2.05) is 0 Å². The highest BCUT2D eigenvalue weighted by Crippen LogP contribution is 2.25. The first kappa shape index (κ1) is 19.4. The molecule has 0 spiro atoms. The highest BCUT2D eigenvalue weighted by atomic mass is 16.2. The SMILES string of the molecule is O=CC1C=C(CCCCCCCCCCCCCO)CCC1. The van der Waals surface area contributed by atoms with Crippen LogP contribution in [0.1, 0.15) is 96.3 Å². The lowest BCUT2D eigenvalue weighted by Gasteiger charge is -2.16.